The third-order valence-electron chi connectivity index (χ3n) is 6.43. The van der Waals surface area contributed by atoms with Gasteiger partial charge in [0.15, 0.2) is 0 Å². The van der Waals surface area contributed by atoms with E-state index in [-0.39, 0.29) is 16.7 Å². The van der Waals surface area contributed by atoms with Gasteiger partial charge in [0.05, 0.1) is 14.2 Å². The molecule has 33 heavy (non-hydrogen) atoms. The van der Waals surface area contributed by atoms with E-state index in [1.165, 1.54) is 29.3 Å². The minimum atomic E-state index is -4.20. The molecule has 0 spiro atoms. The number of benzene rings is 3. The molecule has 2 heterocycles. The van der Waals surface area contributed by atoms with Crippen molar-refractivity contribution >= 4 is 10.1 Å². The first-order valence-electron chi connectivity index (χ1n) is 10.7. The Balaban J connectivity index is 1.55. The van der Waals surface area contributed by atoms with E-state index in [0.717, 1.165) is 35.9 Å². The Morgan fingerprint density at radius 3 is 2.55 bits per heavy atom. The lowest BCUT2D eigenvalue weighted by Crippen LogP contribution is -2.39. The monoisotopic (exact) mass is 469 g/mol. The van der Waals surface area contributed by atoms with Crippen LogP contribution in [0.3, 0.4) is 0 Å². The van der Waals surface area contributed by atoms with Crippen molar-refractivity contribution < 1.29 is 26.5 Å². The van der Waals surface area contributed by atoms with Gasteiger partial charge in [-0.1, -0.05) is 12.1 Å². The van der Waals surface area contributed by atoms with Crippen molar-refractivity contribution in [2.75, 3.05) is 20.8 Å². The minimum Gasteiger partial charge on any atom is -0.497 e. The van der Waals surface area contributed by atoms with Crippen molar-refractivity contribution in [1.82, 2.24) is 4.90 Å². The molecule has 0 aliphatic carbocycles. The molecule has 2 aliphatic rings. The van der Waals surface area contributed by atoms with Crippen LogP contribution >= 0.6 is 0 Å². The van der Waals surface area contributed by atoms with Gasteiger partial charge in [0.2, 0.25) is 0 Å². The summed E-state index contributed by atoms with van der Waals surface area (Å²) in [5.41, 5.74) is 4.14. The number of hydrogen-bond acceptors (Lipinski definition) is 6. The fraction of sp³-hybridized carbons (Fsp3) is 0.280. The Morgan fingerprint density at radius 2 is 1.79 bits per heavy atom. The van der Waals surface area contributed by atoms with Crippen LogP contribution in [0.15, 0.2) is 59.5 Å². The van der Waals surface area contributed by atoms with Gasteiger partial charge in [0, 0.05) is 30.3 Å². The SMILES string of the molecule is COc1ccc2c(c1)CCN1Cc3c(OC)ccc(OS(=O)(=O)c4cccc(F)c4)c3CC21. The summed E-state index contributed by atoms with van der Waals surface area (Å²) in [6.07, 6.45) is 1.48. The fourth-order valence-corrected chi connectivity index (χ4v) is 5.79. The predicted molar refractivity (Wildman–Crippen MR) is 121 cm³/mol. The van der Waals surface area contributed by atoms with E-state index < -0.39 is 15.9 Å². The average Bonchev–Trinajstić information content (AvgIpc) is 2.82. The number of ether oxygens (including phenoxy) is 2. The largest absolute Gasteiger partial charge is 0.497 e. The van der Waals surface area contributed by atoms with Crippen LogP contribution in [0.2, 0.25) is 0 Å². The van der Waals surface area contributed by atoms with Crippen LogP contribution < -0.4 is 13.7 Å². The quantitative estimate of drug-likeness (QED) is 0.520. The molecule has 0 amide bonds. The summed E-state index contributed by atoms with van der Waals surface area (Å²) in [7, 11) is -0.943. The van der Waals surface area contributed by atoms with Gasteiger partial charge in [0.25, 0.3) is 0 Å². The molecular formula is C25H24FNO5S. The molecule has 1 atom stereocenters. The summed E-state index contributed by atoms with van der Waals surface area (Å²) >= 11 is 0. The molecule has 0 saturated carbocycles. The normalized spacial score (nSPS) is 17.5. The highest BCUT2D eigenvalue weighted by atomic mass is 32.2. The maximum Gasteiger partial charge on any atom is 0.339 e. The molecule has 172 valence electrons. The lowest BCUT2D eigenvalue weighted by Gasteiger charge is -2.42. The van der Waals surface area contributed by atoms with Gasteiger partial charge in [-0.2, -0.15) is 8.42 Å². The van der Waals surface area contributed by atoms with Crippen molar-refractivity contribution in [3.63, 3.8) is 0 Å². The topological polar surface area (TPSA) is 65.1 Å². The maximum atomic E-state index is 13.6. The summed E-state index contributed by atoms with van der Waals surface area (Å²) < 4.78 is 56.0. The van der Waals surface area contributed by atoms with Crippen LogP contribution in [-0.2, 0) is 29.5 Å². The van der Waals surface area contributed by atoms with Gasteiger partial charge < -0.3 is 13.7 Å². The summed E-state index contributed by atoms with van der Waals surface area (Å²) in [4.78, 5) is 2.16. The van der Waals surface area contributed by atoms with E-state index in [0.29, 0.717) is 18.7 Å². The molecule has 0 fully saturated rings. The molecule has 0 N–H and O–H groups in total. The number of halogens is 1. The standard InChI is InChI=1S/C25H24FNO5S/c1-30-18-6-7-20-16(12-18)10-11-27-15-22-21(14-23(20)27)25(9-8-24(22)31-2)32-33(28,29)19-5-3-4-17(26)13-19/h3-9,12-13,23H,10-11,14-15H2,1-2H3. The summed E-state index contributed by atoms with van der Waals surface area (Å²) in [5.74, 6) is 1.13. The molecule has 6 nitrogen and oxygen atoms in total. The van der Waals surface area contributed by atoms with E-state index in [9.17, 15) is 12.8 Å². The van der Waals surface area contributed by atoms with E-state index in [1.54, 1.807) is 26.4 Å². The molecule has 0 bridgehead atoms. The van der Waals surface area contributed by atoms with Crippen molar-refractivity contribution in [3.05, 3.63) is 82.7 Å². The van der Waals surface area contributed by atoms with Crippen LogP contribution in [0.25, 0.3) is 0 Å². The Kier molecular flexibility index (Phi) is 5.50. The Morgan fingerprint density at radius 1 is 0.970 bits per heavy atom. The van der Waals surface area contributed by atoms with Crippen LogP contribution in [0.5, 0.6) is 17.2 Å². The fourth-order valence-electron chi connectivity index (χ4n) is 4.80. The van der Waals surface area contributed by atoms with Gasteiger partial charge in [-0.3, -0.25) is 4.90 Å². The molecule has 3 aromatic carbocycles. The highest BCUT2D eigenvalue weighted by Crippen LogP contribution is 2.45. The predicted octanol–water partition coefficient (Wildman–Crippen LogP) is 4.27. The Hall–Kier alpha value is -3.10. The first kappa shape index (κ1) is 21.7. The third kappa shape index (κ3) is 3.94. The molecule has 0 radical (unpaired) electrons. The van der Waals surface area contributed by atoms with E-state index in [2.05, 4.69) is 17.0 Å². The smallest absolute Gasteiger partial charge is 0.339 e. The highest BCUT2D eigenvalue weighted by Gasteiger charge is 2.36. The maximum absolute atomic E-state index is 13.6. The van der Waals surface area contributed by atoms with Crippen LogP contribution in [0.1, 0.15) is 28.3 Å². The Labute approximate surface area is 192 Å². The third-order valence-corrected chi connectivity index (χ3v) is 7.66. The first-order chi connectivity index (χ1) is 15.9. The summed E-state index contributed by atoms with van der Waals surface area (Å²) in [6.45, 7) is 1.49. The number of methoxy groups -OCH3 is 2. The van der Waals surface area contributed by atoms with Crippen molar-refractivity contribution in [3.8, 4) is 17.2 Å². The van der Waals surface area contributed by atoms with Crippen LogP contribution in [-0.4, -0.2) is 34.1 Å². The minimum absolute atomic E-state index is 0.0819. The molecule has 8 heteroatoms. The second-order valence-electron chi connectivity index (χ2n) is 8.22. The highest BCUT2D eigenvalue weighted by molar-refractivity contribution is 7.87. The second kappa shape index (κ2) is 8.35. The van der Waals surface area contributed by atoms with Gasteiger partial charge in [-0.15, -0.1) is 0 Å². The average molecular weight is 470 g/mol. The van der Waals surface area contributed by atoms with Gasteiger partial charge in [0.1, 0.15) is 28.0 Å². The first-order valence-corrected chi connectivity index (χ1v) is 12.1. The zero-order valence-corrected chi connectivity index (χ0v) is 19.2. The molecule has 2 aliphatic heterocycles. The number of fused-ring (bicyclic) bond motifs is 4. The van der Waals surface area contributed by atoms with Crippen LogP contribution in [0, 0.1) is 5.82 Å². The van der Waals surface area contributed by atoms with Crippen LogP contribution in [0.4, 0.5) is 4.39 Å². The van der Waals surface area contributed by atoms with Crippen molar-refractivity contribution in [1.29, 1.82) is 0 Å². The summed E-state index contributed by atoms with van der Waals surface area (Å²) in [5, 5.41) is 0. The van der Waals surface area contributed by atoms with Gasteiger partial charge in [-0.05, 0) is 66.4 Å². The molecular weight excluding hydrogens is 445 g/mol. The van der Waals surface area contributed by atoms with Crippen molar-refractivity contribution in [2.24, 2.45) is 0 Å². The van der Waals surface area contributed by atoms with Gasteiger partial charge >= 0.3 is 10.1 Å². The number of hydrogen-bond donors (Lipinski definition) is 0. The van der Waals surface area contributed by atoms with E-state index in [1.807, 2.05) is 6.07 Å². The van der Waals surface area contributed by atoms with Gasteiger partial charge in [-0.25, -0.2) is 4.39 Å². The van der Waals surface area contributed by atoms with E-state index in [4.69, 9.17) is 13.7 Å². The molecule has 0 saturated heterocycles. The second-order valence-corrected chi connectivity index (χ2v) is 9.77. The molecule has 0 aromatic heterocycles. The Bertz CT molecular complexity index is 1320. The summed E-state index contributed by atoms with van der Waals surface area (Å²) in [6, 6.07) is 14.3. The van der Waals surface area contributed by atoms with E-state index >= 15 is 0 Å². The zero-order valence-electron chi connectivity index (χ0n) is 18.4. The molecule has 1 unspecified atom stereocenters. The molecule has 3 aromatic rings. The number of nitrogens with zero attached hydrogens (tertiary/aromatic N) is 1. The lowest BCUT2D eigenvalue weighted by atomic mass is 9.83. The molecule has 5 rings (SSSR count). The zero-order chi connectivity index (χ0) is 23.2. The lowest BCUT2D eigenvalue weighted by molar-refractivity contribution is 0.157. The van der Waals surface area contributed by atoms with Crippen molar-refractivity contribution in [2.45, 2.75) is 30.3 Å². The number of rotatable bonds is 5.